The molecule has 2 N–H and O–H groups in total. The van der Waals surface area contributed by atoms with Gasteiger partial charge in [0.1, 0.15) is 11.6 Å². The second-order valence-electron chi connectivity index (χ2n) is 5.06. The lowest BCUT2D eigenvalue weighted by molar-refractivity contribution is 0.411. The van der Waals surface area contributed by atoms with Crippen molar-refractivity contribution < 1.29 is 9.13 Å². The van der Waals surface area contributed by atoms with Crippen LogP contribution < -0.4 is 10.5 Å². The van der Waals surface area contributed by atoms with Crippen LogP contribution in [0.5, 0.6) is 5.75 Å². The zero-order valence-electron chi connectivity index (χ0n) is 11.9. The predicted octanol–water partition coefficient (Wildman–Crippen LogP) is 3.78. The van der Waals surface area contributed by atoms with Gasteiger partial charge in [0.25, 0.3) is 0 Å². The second-order valence-corrected chi connectivity index (χ2v) is 5.06. The lowest BCUT2D eigenvalue weighted by Crippen LogP contribution is -2.15. The van der Waals surface area contributed by atoms with Gasteiger partial charge in [-0.3, -0.25) is 0 Å². The standard InChI is InChI=1S/C17H20FNO/c1-12(19)6-7-13-4-3-5-14(10-13)16-9-8-15(20-2)11-17(16)18/h3-5,8-12H,6-7,19H2,1-2H3. The Morgan fingerprint density at radius 2 is 2.00 bits per heavy atom. The first-order chi connectivity index (χ1) is 9.60. The lowest BCUT2D eigenvalue weighted by Gasteiger charge is -2.09. The Bertz CT molecular complexity index is 581. The maximum atomic E-state index is 14.1. The molecule has 0 aromatic heterocycles. The third kappa shape index (κ3) is 3.58. The number of nitrogens with two attached hydrogens (primary N) is 1. The molecule has 3 heteroatoms. The highest BCUT2D eigenvalue weighted by Crippen LogP contribution is 2.27. The van der Waals surface area contributed by atoms with Gasteiger partial charge in [-0.25, -0.2) is 4.39 Å². The second kappa shape index (κ2) is 6.53. The van der Waals surface area contributed by atoms with E-state index in [2.05, 4.69) is 0 Å². The third-order valence-electron chi connectivity index (χ3n) is 3.30. The molecular weight excluding hydrogens is 253 g/mol. The maximum Gasteiger partial charge on any atom is 0.134 e. The molecular formula is C17H20FNO. The molecule has 0 bridgehead atoms. The van der Waals surface area contributed by atoms with E-state index in [1.54, 1.807) is 12.1 Å². The van der Waals surface area contributed by atoms with E-state index in [0.717, 1.165) is 18.4 Å². The summed E-state index contributed by atoms with van der Waals surface area (Å²) in [6.45, 7) is 1.99. The summed E-state index contributed by atoms with van der Waals surface area (Å²) >= 11 is 0. The Kier molecular flexibility index (Phi) is 4.74. The van der Waals surface area contributed by atoms with Crippen molar-refractivity contribution in [2.24, 2.45) is 5.73 Å². The van der Waals surface area contributed by atoms with Gasteiger partial charge in [0.05, 0.1) is 7.11 Å². The highest BCUT2D eigenvalue weighted by Gasteiger charge is 2.07. The van der Waals surface area contributed by atoms with Crippen molar-refractivity contribution in [3.05, 3.63) is 53.8 Å². The van der Waals surface area contributed by atoms with Crippen LogP contribution in [-0.4, -0.2) is 13.2 Å². The summed E-state index contributed by atoms with van der Waals surface area (Å²) in [5.74, 6) is 0.257. The number of hydrogen-bond acceptors (Lipinski definition) is 2. The van der Waals surface area contributed by atoms with Crippen LogP contribution in [0.1, 0.15) is 18.9 Å². The largest absolute Gasteiger partial charge is 0.497 e. The Morgan fingerprint density at radius 3 is 2.65 bits per heavy atom. The average Bonchev–Trinajstić information content (AvgIpc) is 2.45. The predicted molar refractivity (Wildman–Crippen MR) is 80.4 cm³/mol. The molecule has 0 saturated heterocycles. The highest BCUT2D eigenvalue weighted by atomic mass is 19.1. The minimum atomic E-state index is -0.270. The summed E-state index contributed by atoms with van der Waals surface area (Å²) < 4.78 is 19.1. The molecule has 1 unspecified atom stereocenters. The monoisotopic (exact) mass is 273 g/mol. The number of benzene rings is 2. The van der Waals surface area contributed by atoms with Crippen molar-refractivity contribution in [3.63, 3.8) is 0 Å². The summed E-state index contributed by atoms with van der Waals surface area (Å²) in [4.78, 5) is 0. The summed E-state index contributed by atoms with van der Waals surface area (Å²) in [5.41, 5.74) is 8.42. The van der Waals surface area contributed by atoms with Gasteiger partial charge >= 0.3 is 0 Å². The first kappa shape index (κ1) is 14.5. The summed E-state index contributed by atoms with van der Waals surface area (Å²) in [6, 6.07) is 13.0. The van der Waals surface area contributed by atoms with E-state index in [-0.39, 0.29) is 11.9 Å². The zero-order valence-corrected chi connectivity index (χ0v) is 11.9. The molecule has 106 valence electrons. The number of aryl methyl sites for hydroxylation is 1. The van der Waals surface area contributed by atoms with Crippen molar-refractivity contribution in [2.45, 2.75) is 25.8 Å². The molecule has 0 amide bonds. The molecule has 0 aliphatic heterocycles. The third-order valence-corrected chi connectivity index (χ3v) is 3.30. The van der Waals surface area contributed by atoms with Gasteiger partial charge < -0.3 is 10.5 Å². The molecule has 0 aliphatic carbocycles. The van der Waals surface area contributed by atoms with Gasteiger partial charge in [0.2, 0.25) is 0 Å². The van der Waals surface area contributed by atoms with E-state index in [0.29, 0.717) is 11.3 Å². The SMILES string of the molecule is COc1ccc(-c2cccc(CCC(C)N)c2)c(F)c1. The zero-order chi connectivity index (χ0) is 14.5. The van der Waals surface area contributed by atoms with Crippen molar-refractivity contribution in [2.75, 3.05) is 7.11 Å². The van der Waals surface area contributed by atoms with Crippen molar-refractivity contribution in [3.8, 4) is 16.9 Å². The molecule has 2 nitrogen and oxygen atoms in total. The van der Waals surface area contributed by atoms with Crippen LogP contribution in [0.3, 0.4) is 0 Å². The fourth-order valence-electron chi connectivity index (χ4n) is 2.15. The summed E-state index contributed by atoms with van der Waals surface area (Å²) in [6.07, 6.45) is 1.83. The van der Waals surface area contributed by atoms with Crippen LogP contribution in [0.15, 0.2) is 42.5 Å². The molecule has 0 aliphatic rings. The van der Waals surface area contributed by atoms with E-state index >= 15 is 0 Å². The topological polar surface area (TPSA) is 35.2 Å². The number of rotatable bonds is 5. The fraction of sp³-hybridized carbons (Fsp3) is 0.294. The summed E-state index contributed by atoms with van der Waals surface area (Å²) in [7, 11) is 1.53. The Morgan fingerprint density at radius 1 is 1.20 bits per heavy atom. The molecule has 0 saturated carbocycles. The molecule has 0 heterocycles. The fourth-order valence-corrected chi connectivity index (χ4v) is 2.15. The van der Waals surface area contributed by atoms with E-state index in [1.165, 1.54) is 18.7 Å². The number of methoxy groups -OCH3 is 1. The number of halogens is 1. The molecule has 2 aromatic rings. The average molecular weight is 273 g/mol. The quantitative estimate of drug-likeness (QED) is 0.899. The van der Waals surface area contributed by atoms with Gasteiger partial charge in [0.15, 0.2) is 0 Å². The van der Waals surface area contributed by atoms with Crippen LogP contribution >= 0.6 is 0 Å². The van der Waals surface area contributed by atoms with Crippen molar-refractivity contribution in [1.29, 1.82) is 0 Å². The van der Waals surface area contributed by atoms with Crippen LogP contribution in [-0.2, 0) is 6.42 Å². The highest BCUT2D eigenvalue weighted by molar-refractivity contribution is 5.65. The van der Waals surface area contributed by atoms with Gasteiger partial charge in [-0.15, -0.1) is 0 Å². The molecule has 1 atom stereocenters. The molecule has 0 fully saturated rings. The molecule has 0 spiro atoms. The smallest absolute Gasteiger partial charge is 0.134 e. The van der Waals surface area contributed by atoms with Gasteiger partial charge in [0, 0.05) is 17.7 Å². The Labute approximate surface area is 119 Å². The molecule has 0 radical (unpaired) electrons. The first-order valence-corrected chi connectivity index (χ1v) is 6.78. The number of ether oxygens (including phenoxy) is 1. The van der Waals surface area contributed by atoms with E-state index < -0.39 is 0 Å². The van der Waals surface area contributed by atoms with Gasteiger partial charge in [-0.05, 0) is 43.0 Å². The molecule has 2 rings (SSSR count). The Hall–Kier alpha value is -1.87. The van der Waals surface area contributed by atoms with Gasteiger partial charge in [-0.1, -0.05) is 24.3 Å². The van der Waals surface area contributed by atoms with Crippen molar-refractivity contribution >= 4 is 0 Å². The molecule has 20 heavy (non-hydrogen) atoms. The maximum absolute atomic E-state index is 14.1. The summed E-state index contributed by atoms with van der Waals surface area (Å²) in [5, 5.41) is 0. The minimum Gasteiger partial charge on any atom is -0.497 e. The van der Waals surface area contributed by atoms with E-state index in [9.17, 15) is 4.39 Å². The Balaban J connectivity index is 2.26. The van der Waals surface area contributed by atoms with Crippen LogP contribution in [0.2, 0.25) is 0 Å². The van der Waals surface area contributed by atoms with E-state index in [4.69, 9.17) is 10.5 Å². The normalized spacial score (nSPS) is 12.2. The molecule has 2 aromatic carbocycles. The van der Waals surface area contributed by atoms with E-state index in [1.807, 2.05) is 31.2 Å². The lowest BCUT2D eigenvalue weighted by atomic mass is 9.99. The van der Waals surface area contributed by atoms with Crippen LogP contribution in [0.25, 0.3) is 11.1 Å². The number of hydrogen-bond donors (Lipinski definition) is 1. The van der Waals surface area contributed by atoms with Gasteiger partial charge in [-0.2, -0.15) is 0 Å². The minimum absolute atomic E-state index is 0.177. The van der Waals surface area contributed by atoms with Crippen LogP contribution in [0.4, 0.5) is 4.39 Å². The van der Waals surface area contributed by atoms with Crippen LogP contribution in [0, 0.1) is 5.82 Å². The first-order valence-electron chi connectivity index (χ1n) is 6.78. The van der Waals surface area contributed by atoms with Crippen molar-refractivity contribution in [1.82, 2.24) is 0 Å².